The third kappa shape index (κ3) is 2.74. The molecule has 0 aliphatic heterocycles. The van der Waals surface area contributed by atoms with Crippen molar-refractivity contribution >= 4 is 44.8 Å². The Morgan fingerprint density at radius 1 is 1.10 bits per heavy atom. The van der Waals surface area contributed by atoms with Crippen LogP contribution in [0.2, 0.25) is 10.0 Å². The van der Waals surface area contributed by atoms with Crippen molar-refractivity contribution in [3.05, 3.63) is 50.9 Å². The van der Waals surface area contributed by atoms with Gasteiger partial charge in [0.05, 0.1) is 16.4 Å². The smallest absolute Gasteiger partial charge is 0.187 e. The second-order valence-electron chi connectivity index (χ2n) is 4.25. The van der Waals surface area contributed by atoms with Crippen LogP contribution in [0.1, 0.15) is 0 Å². The van der Waals surface area contributed by atoms with Crippen molar-refractivity contribution in [2.24, 2.45) is 0 Å². The minimum atomic E-state index is 0.456. The lowest BCUT2D eigenvalue weighted by Crippen LogP contribution is -2.01. The van der Waals surface area contributed by atoms with E-state index in [1.165, 1.54) is 0 Å². The number of tetrazole rings is 1. The Hall–Kier alpha value is -1.63. The number of rotatable bonds is 2. The Morgan fingerprint density at radius 2 is 1.90 bits per heavy atom. The number of nitrogen functional groups attached to an aromatic ring is 1. The Bertz CT molecular complexity index is 818. The molecule has 0 spiro atoms. The molecule has 0 radical (unpaired) electrons. The van der Waals surface area contributed by atoms with Crippen LogP contribution in [-0.4, -0.2) is 20.2 Å². The molecular formula is C13H8BrCl2N5. The number of benzene rings is 2. The number of hydrogen-bond donors (Lipinski definition) is 1. The number of aromatic nitrogens is 4. The summed E-state index contributed by atoms with van der Waals surface area (Å²) in [5, 5.41) is 12.9. The molecule has 0 amide bonds. The van der Waals surface area contributed by atoms with Crippen LogP contribution in [0.5, 0.6) is 0 Å². The summed E-state index contributed by atoms with van der Waals surface area (Å²) in [4.78, 5) is 0. The zero-order chi connectivity index (χ0) is 15.0. The zero-order valence-corrected chi connectivity index (χ0v) is 13.6. The Morgan fingerprint density at radius 3 is 2.62 bits per heavy atom. The van der Waals surface area contributed by atoms with Crippen molar-refractivity contribution < 1.29 is 0 Å². The molecule has 106 valence electrons. The molecule has 0 saturated carbocycles. The van der Waals surface area contributed by atoms with E-state index in [9.17, 15) is 0 Å². The van der Waals surface area contributed by atoms with Gasteiger partial charge in [0.2, 0.25) is 0 Å². The average molecular weight is 385 g/mol. The summed E-state index contributed by atoms with van der Waals surface area (Å²) < 4.78 is 2.38. The summed E-state index contributed by atoms with van der Waals surface area (Å²) >= 11 is 15.5. The maximum Gasteiger partial charge on any atom is 0.187 e. The van der Waals surface area contributed by atoms with E-state index in [4.69, 9.17) is 28.9 Å². The third-order valence-electron chi connectivity index (χ3n) is 2.87. The maximum absolute atomic E-state index is 6.05. The van der Waals surface area contributed by atoms with Crippen molar-refractivity contribution in [2.45, 2.75) is 0 Å². The van der Waals surface area contributed by atoms with Crippen LogP contribution in [0.4, 0.5) is 5.69 Å². The number of nitrogens with two attached hydrogens (primary N) is 1. The van der Waals surface area contributed by atoms with Gasteiger partial charge in [-0.25, -0.2) is 0 Å². The van der Waals surface area contributed by atoms with Crippen LogP contribution in [0, 0.1) is 0 Å². The molecule has 21 heavy (non-hydrogen) atoms. The molecule has 2 N–H and O–H groups in total. The van der Waals surface area contributed by atoms with E-state index < -0.39 is 0 Å². The molecule has 0 unspecified atom stereocenters. The van der Waals surface area contributed by atoms with E-state index in [1.54, 1.807) is 28.9 Å². The zero-order valence-electron chi connectivity index (χ0n) is 10.5. The van der Waals surface area contributed by atoms with E-state index in [0.29, 0.717) is 21.6 Å². The normalized spacial score (nSPS) is 10.8. The fourth-order valence-electron chi connectivity index (χ4n) is 1.85. The first-order valence-electron chi connectivity index (χ1n) is 5.85. The fraction of sp³-hybridized carbons (Fsp3) is 0. The first-order valence-corrected chi connectivity index (χ1v) is 7.40. The van der Waals surface area contributed by atoms with Gasteiger partial charge in [0.1, 0.15) is 0 Å². The summed E-state index contributed by atoms with van der Waals surface area (Å²) in [5.74, 6) is 0.555. The summed E-state index contributed by atoms with van der Waals surface area (Å²) in [6, 6.07) is 10.6. The van der Waals surface area contributed by atoms with Gasteiger partial charge in [-0.1, -0.05) is 23.2 Å². The molecule has 0 saturated heterocycles. The summed E-state index contributed by atoms with van der Waals surface area (Å²) in [6.45, 7) is 0. The molecule has 0 aliphatic rings. The first-order chi connectivity index (χ1) is 10.1. The highest BCUT2D eigenvalue weighted by atomic mass is 79.9. The topological polar surface area (TPSA) is 69.6 Å². The molecular weight excluding hydrogens is 377 g/mol. The highest BCUT2D eigenvalue weighted by Gasteiger charge is 2.14. The fourth-order valence-corrected chi connectivity index (χ4v) is 2.88. The van der Waals surface area contributed by atoms with Gasteiger partial charge in [-0.15, -0.1) is 5.10 Å². The average Bonchev–Trinajstić information content (AvgIpc) is 2.91. The van der Waals surface area contributed by atoms with E-state index >= 15 is 0 Å². The molecule has 3 rings (SSSR count). The quantitative estimate of drug-likeness (QED) is 0.678. The highest BCUT2D eigenvalue weighted by Crippen LogP contribution is 2.29. The van der Waals surface area contributed by atoms with Crippen molar-refractivity contribution in [3.8, 4) is 17.1 Å². The molecule has 3 aromatic rings. The number of anilines is 1. The Kier molecular flexibility index (Phi) is 3.84. The molecule has 0 atom stereocenters. The van der Waals surface area contributed by atoms with Gasteiger partial charge in [0, 0.05) is 15.1 Å². The minimum Gasteiger partial charge on any atom is -0.398 e. The standard InChI is InChI=1S/C13H8BrCl2N5/c14-9-6-8(15)2-4-12(9)21-13(18-19-20-21)7-1-3-11(17)10(16)5-7/h1-6H,17H2. The van der Waals surface area contributed by atoms with Gasteiger partial charge in [-0.2, -0.15) is 4.68 Å². The maximum atomic E-state index is 6.05. The first kappa shape index (κ1) is 14.3. The molecule has 0 bridgehead atoms. The van der Waals surface area contributed by atoms with Crippen LogP contribution in [0.15, 0.2) is 40.9 Å². The second-order valence-corrected chi connectivity index (χ2v) is 5.94. The lowest BCUT2D eigenvalue weighted by molar-refractivity contribution is 0.789. The summed E-state index contributed by atoms with van der Waals surface area (Å²) in [5.41, 5.74) is 7.76. The lowest BCUT2D eigenvalue weighted by Gasteiger charge is -2.08. The Labute approximate surface area is 138 Å². The molecule has 0 fully saturated rings. The van der Waals surface area contributed by atoms with Crippen LogP contribution < -0.4 is 5.73 Å². The van der Waals surface area contributed by atoms with Gasteiger partial charge < -0.3 is 5.73 Å². The minimum absolute atomic E-state index is 0.456. The van der Waals surface area contributed by atoms with Crippen molar-refractivity contribution in [1.29, 1.82) is 0 Å². The van der Waals surface area contributed by atoms with E-state index in [1.807, 2.05) is 12.1 Å². The monoisotopic (exact) mass is 383 g/mol. The van der Waals surface area contributed by atoms with Gasteiger partial charge in [-0.3, -0.25) is 0 Å². The third-order valence-corrected chi connectivity index (χ3v) is 4.06. The molecule has 1 heterocycles. The van der Waals surface area contributed by atoms with Gasteiger partial charge >= 0.3 is 0 Å². The molecule has 8 heteroatoms. The molecule has 5 nitrogen and oxygen atoms in total. The predicted molar refractivity (Wildman–Crippen MR) is 86.7 cm³/mol. The van der Waals surface area contributed by atoms with Crippen LogP contribution >= 0.6 is 39.1 Å². The SMILES string of the molecule is Nc1ccc(-c2nnnn2-c2ccc(Cl)cc2Br)cc1Cl. The second kappa shape index (κ2) is 5.63. The largest absolute Gasteiger partial charge is 0.398 e. The van der Waals surface area contributed by atoms with E-state index in [2.05, 4.69) is 31.5 Å². The molecule has 0 aliphatic carbocycles. The number of hydrogen-bond acceptors (Lipinski definition) is 4. The van der Waals surface area contributed by atoms with Crippen molar-refractivity contribution in [2.75, 3.05) is 5.73 Å². The predicted octanol–water partition coefficient (Wildman–Crippen LogP) is 3.98. The van der Waals surface area contributed by atoms with Crippen LogP contribution in [0.25, 0.3) is 17.1 Å². The van der Waals surface area contributed by atoms with Crippen molar-refractivity contribution in [1.82, 2.24) is 20.2 Å². The number of halogens is 3. The molecule has 1 aromatic heterocycles. The van der Waals surface area contributed by atoms with Crippen LogP contribution in [0.3, 0.4) is 0 Å². The summed E-state index contributed by atoms with van der Waals surface area (Å²) in [7, 11) is 0. The van der Waals surface area contributed by atoms with Gasteiger partial charge in [0.15, 0.2) is 5.82 Å². The van der Waals surface area contributed by atoms with Gasteiger partial charge in [-0.05, 0) is 62.8 Å². The van der Waals surface area contributed by atoms with Crippen LogP contribution in [-0.2, 0) is 0 Å². The highest BCUT2D eigenvalue weighted by molar-refractivity contribution is 9.10. The van der Waals surface area contributed by atoms with Crippen molar-refractivity contribution in [3.63, 3.8) is 0 Å². The molecule has 2 aromatic carbocycles. The Balaban J connectivity index is 2.14. The number of nitrogens with zero attached hydrogens (tertiary/aromatic N) is 4. The van der Waals surface area contributed by atoms with E-state index in [-0.39, 0.29) is 0 Å². The van der Waals surface area contributed by atoms with Gasteiger partial charge in [0.25, 0.3) is 0 Å². The summed E-state index contributed by atoms with van der Waals surface area (Å²) in [6.07, 6.45) is 0. The lowest BCUT2D eigenvalue weighted by atomic mass is 10.2. The van der Waals surface area contributed by atoms with E-state index in [0.717, 1.165) is 15.7 Å².